The number of hydrogen-bond donors (Lipinski definition) is 3. The molecule has 1 aliphatic rings. The Labute approximate surface area is 208 Å². The highest BCUT2D eigenvalue weighted by molar-refractivity contribution is 5.88. The van der Waals surface area contributed by atoms with E-state index in [4.69, 9.17) is 14.2 Å². The maximum atomic E-state index is 13.4. The molecule has 3 N–H and O–H groups in total. The molecule has 4 aromatic rings. The molecule has 2 atom stereocenters. The van der Waals surface area contributed by atoms with Crippen LogP contribution in [-0.2, 0) is 22.6 Å². The van der Waals surface area contributed by atoms with Crippen LogP contribution in [0.1, 0.15) is 29.7 Å². The highest BCUT2D eigenvalue weighted by Crippen LogP contribution is 2.34. The molecular formula is C28H27N3O5. The molecule has 0 saturated carbocycles. The number of aromatic nitrogens is 1. The lowest BCUT2D eigenvalue weighted by Crippen LogP contribution is -2.48. The van der Waals surface area contributed by atoms with Crippen LogP contribution in [0.2, 0.25) is 0 Å². The van der Waals surface area contributed by atoms with Gasteiger partial charge in [0, 0.05) is 23.5 Å². The van der Waals surface area contributed by atoms with E-state index < -0.39 is 12.1 Å². The number of hydrogen-bond acceptors (Lipinski definition) is 5. The largest absolute Gasteiger partial charge is 0.454 e. The van der Waals surface area contributed by atoms with Crippen LogP contribution in [0.5, 0.6) is 11.5 Å². The second-order valence-electron chi connectivity index (χ2n) is 8.67. The summed E-state index contributed by atoms with van der Waals surface area (Å²) in [5.74, 6) is 1.01. The number of carbonyl (C=O) groups is 2. The predicted octanol–water partition coefficient (Wildman–Crippen LogP) is 4.61. The standard InChI is InChI=1S/C28H27N3O5/c1-18(20-11-12-25-26(14-20)36-17-35-25)30-27(32)24(13-21-15-29-23-10-6-5-9-22(21)23)31-28(33)34-16-19-7-3-2-4-8-19/h2-12,14-15,18,24,29H,13,16-17H2,1H3,(H,30,32)(H,31,33)/t18-,24-/m1/s1. The van der Waals surface area contributed by atoms with Crippen LogP contribution in [0.3, 0.4) is 0 Å². The molecular weight excluding hydrogens is 458 g/mol. The zero-order chi connectivity index (χ0) is 24.9. The number of benzene rings is 3. The Bertz CT molecular complexity index is 1370. The first-order chi connectivity index (χ1) is 17.6. The van der Waals surface area contributed by atoms with Crippen molar-refractivity contribution in [1.29, 1.82) is 0 Å². The van der Waals surface area contributed by atoms with Crippen molar-refractivity contribution >= 4 is 22.9 Å². The summed E-state index contributed by atoms with van der Waals surface area (Å²) < 4.78 is 16.2. The van der Waals surface area contributed by atoms with Gasteiger partial charge in [0.05, 0.1) is 6.04 Å². The van der Waals surface area contributed by atoms with Crippen LogP contribution >= 0.6 is 0 Å². The number of rotatable bonds is 8. The van der Waals surface area contributed by atoms with E-state index in [1.807, 2.05) is 85.9 Å². The summed E-state index contributed by atoms with van der Waals surface area (Å²) >= 11 is 0. The monoisotopic (exact) mass is 485 g/mol. The first kappa shape index (κ1) is 23.3. The molecule has 0 bridgehead atoms. The van der Waals surface area contributed by atoms with Crippen LogP contribution in [0.15, 0.2) is 79.0 Å². The quantitative estimate of drug-likeness (QED) is 0.338. The number of alkyl carbamates (subject to hydrolysis) is 1. The summed E-state index contributed by atoms with van der Waals surface area (Å²) in [5, 5.41) is 6.77. The Balaban J connectivity index is 1.30. The SMILES string of the molecule is C[C@@H](NC(=O)[C@@H](Cc1c[nH]c2ccccc12)NC(=O)OCc1ccccc1)c1ccc2c(c1)OCO2. The number of nitrogens with one attached hydrogen (secondary N) is 3. The molecule has 0 fully saturated rings. The molecule has 0 unspecified atom stereocenters. The third kappa shape index (κ3) is 5.27. The van der Waals surface area contributed by atoms with Gasteiger partial charge in [0.1, 0.15) is 12.6 Å². The van der Waals surface area contributed by atoms with Gasteiger partial charge in [0.25, 0.3) is 0 Å². The zero-order valence-corrected chi connectivity index (χ0v) is 19.8. The lowest BCUT2D eigenvalue weighted by atomic mass is 10.0. The van der Waals surface area contributed by atoms with Gasteiger partial charge in [0.15, 0.2) is 11.5 Å². The van der Waals surface area contributed by atoms with E-state index >= 15 is 0 Å². The smallest absolute Gasteiger partial charge is 0.408 e. The lowest BCUT2D eigenvalue weighted by Gasteiger charge is -2.21. The molecule has 0 radical (unpaired) electrons. The Hall–Kier alpha value is -4.46. The molecule has 5 rings (SSSR count). The molecule has 1 aliphatic heterocycles. The molecule has 184 valence electrons. The van der Waals surface area contributed by atoms with E-state index in [9.17, 15) is 9.59 Å². The fraction of sp³-hybridized carbons (Fsp3) is 0.214. The minimum atomic E-state index is -0.844. The van der Waals surface area contributed by atoms with Crippen LogP contribution in [-0.4, -0.2) is 29.8 Å². The zero-order valence-electron chi connectivity index (χ0n) is 19.8. The first-order valence-electron chi connectivity index (χ1n) is 11.8. The van der Waals surface area contributed by atoms with E-state index in [0.717, 1.165) is 27.6 Å². The summed E-state index contributed by atoms with van der Waals surface area (Å²) in [7, 11) is 0. The maximum Gasteiger partial charge on any atom is 0.408 e. The fourth-order valence-electron chi connectivity index (χ4n) is 4.22. The van der Waals surface area contributed by atoms with Gasteiger partial charge in [-0.25, -0.2) is 4.79 Å². The van der Waals surface area contributed by atoms with Crippen molar-refractivity contribution in [3.8, 4) is 11.5 Å². The van der Waals surface area contributed by atoms with Gasteiger partial charge in [0.2, 0.25) is 12.7 Å². The number of H-pyrrole nitrogens is 1. The summed E-state index contributed by atoms with van der Waals surface area (Å²) in [6.07, 6.45) is 1.50. The molecule has 2 heterocycles. The van der Waals surface area contributed by atoms with Gasteiger partial charge >= 0.3 is 6.09 Å². The number of fused-ring (bicyclic) bond motifs is 2. The molecule has 36 heavy (non-hydrogen) atoms. The van der Waals surface area contributed by atoms with Crippen molar-refractivity contribution < 1.29 is 23.8 Å². The Morgan fingerprint density at radius 2 is 1.75 bits per heavy atom. The first-order valence-corrected chi connectivity index (χ1v) is 11.8. The van der Waals surface area contributed by atoms with Crippen molar-refractivity contribution in [3.63, 3.8) is 0 Å². The van der Waals surface area contributed by atoms with Crippen molar-refractivity contribution in [2.45, 2.75) is 32.0 Å². The molecule has 8 heteroatoms. The van der Waals surface area contributed by atoms with Crippen LogP contribution < -0.4 is 20.1 Å². The minimum Gasteiger partial charge on any atom is -0.454 e. The highest BCUT2D eigenvalue weighted by atomic mass is 16.7. The highest BCUT2D eigenvalue weighted by Gasteiger charge is 2.25. The molecule has 2 amide bonds. The summed E-state index contributed by atoms with van der Waals surface area (Å²) in [6, 6.07) is 21.6. The normalized spacial score (nSPS) is 13.7. The maximum absolute atomic E-state index is 13.4. The summed E-state index contributed by atoms with van der Waals surface area (Å²) in [6.45, 7) is 2.18. The fourth-order valence-corrected chi connectivity index (χ4v) is 4.22. The Kier molecular flexibility index (Phi) is 6.75. The number of aromatic amines is 1. The molecule has 3 aromatic carbocycles. The predicted molar refractivity (Wildman–Crippen MR) is 135 cm³/mol. The Morgan fingerprint density at radius 3 is 2.61 bits per heavy atom. The van der Waals surface area contributed by atoms with Gasteiger partial charge in [-0.2, -0.15) is 0 Å². The Morgan fingerprint density at radius 1 is 0.972 bits per heavy atom. The molecule has 0 aliphatic carbocycles. The number of para-hydroxylation sites is 1. The van der Waals surface area contributed by atoms with E-state index in [2.05, 4.69) is 15.6 Å². The second kappa shape index (κ2) is 10.4. The van der Waals surface area contributed by atoms with E-state index in [-0.39, 0.29) is 25.3 Å². The average molecular weight is 486 g/mol. The molecule has 0 spiro atoms. The van der Waals surface area contributed by atoms with Crippen LogP contribution in [0.4, 0.5) is 4.79 Å². The minimum absolute atomic E-state index is 0.113. The van der Waals surface area contributed by atoms with E-state index in [0.29, 0.717) is 17.9 Å². The summed E-state index contributed by atoms with van der Waals surface area (Å²) in [4.78, 5) is 29.3. The van der Waals surface area contributed by atoms with Crippen LogP contribution in [0, 0.1) is 0 Å². The van der Waals surface area contributed by atoms with Gasteiger partial charge in [-0.1, -0.05) is 54.6 Å². The topological polar surface area (TPSA) is 102 Å². The summed E-state index contributed by atoms with van der Waals surface area (Å²) in [5.41, 5.74) is 3.61. The van der Waals surface area contributed by atoms with Crippen molar-refractivity contribution in [1.82, 2.24) is 15.6 Å². The van der Waals surface area contributed by atoms with Crippen LogP contribution in [0.25, 0.3) is 10.9 Å². The molecule has 8 nitrogen and oxygen atoms in total. The third-order valence-corrected chi connectivity index (χ3v) is 6.18. The van der Waals surface area contributed by atoms with Crippen molar-refractivity contribution in [2.75, 3.05) is 6.79 Å². The average Bonchev–Trinajstić information content (AvgIpc) is 3.54. The van der Waals surface area contributed by atoms with E-state index in [1.165, 1.54) is 0 Å². The molecule has 0 saturated heterocycles. The van der Waals surface area contributed by atoms with Gasteiger partial charge in [-0.3, -0.25) is 4.79 Å². The van der Waals surface area contributed by atoms with Crippen molar-refractivity contribution in [3.05, 3.63) is 95.7 Å². The van der Waals surface area contributed by atoms with Gasteiger partial charge in [-0.05, 0) is 41.8 Å². The number of amides is 2. The molecule has 1 aromatic heterocycles. The van der Waals surface area contributed by atoms with Gasteiger partial charge < -0.3 is 29.8 Å². The van der Waals surface area contributed by atoms with Gasteiger partial charge in [-0.15, -0.1) is 0 Å². The number of ether oxygens (including phenoxy) is 3. The lowest BCUT2D eigenvalue weighted by molar-refractivity contribution is -0.123. The van der Waals surface area contributed by atoms with E-state index in [1.54, 1.807) is 0 Å². The third-order valence-electron chi connectivity index (χ3n) is 6.18. The number of carbonyl (C=O) groups excluding carboxylic acids is 2. The second-order valence-corrected chi connectivity index (χ2v) is 8.67. The van der Waals surface area contributed by atoms with Crippen molar-refractivity contribution in [2.24, 2.45) is 0 Å².